The summed E-state index contributed by atoms with van der Waals surface area (Å²) in [5, 5.41) is 0. The molecule has 1 atom stereocenters. The van der Waals surface area contributed by atoms with Gasteiger partial charge in [0.05, 0.1) is 12.5 Å². The van der Waals surface area contributed by atoms with Crippen molar-refractivity contribution in [2.45, 2.75) is 64.8 Å². The number of rotatable bonds is 18. The van der Waals surface area contributed by atoms with Gasteiger partial charge in [-0.15, -0.1) is 0 Å². The first kappa shape index (κ1) is 30.5. The van der Waals surface area contributed by atoms with Crippen molar-refractivity contribution >= 4 is 55.1 Å². The number of hydrogen-bond acceptors (Lipinski definition) is 10. The zero-order chi connectivity index (χ0) is 24.6. The molecule has 198 valence electrons. The Labute approximate surface area is 222 Å². The number of esters is 2. The standard InChI is InChI=1S/C24H44N2O4S4/c1-19(2)7-8-23(27)29-13-22(14-30-24(28)9-10-25)26(11-3-5-20-15-31-32-16-20)12-4-6-21-17-33-34-18-21/h19-22H,3-18,25H2,1-2H3. The van der Waals surface area contributed by atoms with Crippen LogP contribution >= 0.6 is 43.2 Å². The molecule has 1 unspecified atom stereocenters. The van der Waals surface area contributed by atoms with Crippen LogP contribution in [0.1, 0.15) is 58.8 Å². The van der Waals surface area contributed by atoms with Crippen molar-refractivity contribution in [3.63, 3.8) is 0 Å². The van der Waals surface area contributed by atoms with Gasteiger partial charge in [0, 0.05) is 36.0 Å². The lowest BCUT2D eigenvalue weighted by Crippen LogP contribution is -2.44. The lowest BCUT2D eigenvalue weighted by molar-refractivity contribution is -0.150. The van der Waals surface area contributed by atoms with Crippen molar-refractivity contribution in [1.29, 1.82) is 0 Å². The van der Waals surface area contributed by atoms with E-state index in [2.05, 4.69) is 18.7 Å². The largest absolute Gasteiger partial charge is 0.464 e. The molecule has 0 bridgehead atoms. The van der Waals surface area contributed by atoms with Crippen LogP contribution in [-0.4, -0.2) is 78.7 Å². The molecule has 0 spiro atoms. The minimum Gasteiger partial charge on any atom is -0.464 e. The van der Waals surface area contributed by atoms with Crippen LogP contribution in [0.3, 0.4) is 0 Å². The SMILES string of the molecule is CC(C)CCC(=O)OCC(COC(=O)CCN)N(CCCC1CSSC1)CCCC1CSSC1. The van der Waals surface area contributed by atoms with Gasteiger partial charge in [-0.05, 0) is 62.9 Å². The normalized spacial score (nSPS) is 18.1. The van der Waals surface area contributed by atoms with Crippen LogP contribution in [0.4, 0.5) is 0 Å². The Hall–Kier alpha value is 0.260. The zero-order valence-corrected chi connectivity index (χ0v) is 24.2. The number of carbonyl (C=O) groups excluding carboxylic acids is 2. The second-order valence-corrected chi connectivity index (χ2v) is 14.8. The first-order chi connectivity index (χ1) is 16.5. The molecule has 0 saturated carbocycles. The Morgan fingerprint density at radius 2 is 1.32 bits per heavy atom. The summed E-state index contributed by atoms with van der Waals surface area (Å²) >= 11 is 0. The van der Waals surface area contributed by atoms with Crippen molar-refractivity contribution in [3.05, 3.63) is 0 Å². The van der Waals surface area contributed by atoms with Gasteiger partial charge < -0.3 is 15.2 Å². The van der Waals surface area contributed by atoms with E-state index in [9.17, 15) is 9.59 Å². The van der Waals surface area contributed by atoms with E-state index in [0.29, 0.717) is 12.3 Å². The van der Waals surface area contributed by atoms with Gasteiger partial charge >= 0.3 is 11.9 Å². The predicted octanol–water partition coefficient (Wildman–Crippen LogP) is 5.11. The molecule has 2 heterocycles. The van der Waals surface area contributed by atoms with E-state index in [4.69, 9.17) is 15.2 Å². The van der Waals surface area contributed by atoms with E-state index in [0.717, 1.165) is 44.2 Å². The molecule has 2 N–H and O–H groups in total. The minimum absolute atomic E-state index is 0.107. The maximum absolute atomic E-state index is 12.3. The Kier molecular flexibility index (Phi) is 16.6. The smallest absolute Gasteiger partial charge is 0.307 e. The minimum atomic E-state index is -0.279. The maximum atomic E-state index is 12.3. The van der Waals surface area contributed by atoms with Crippen LogP contribution in [0.2, 0.25) is 0 Å². The van der Waals surface area contributed by atoms with E-state index in [1.54, 1.807) is 0 Å². The number of nitrogens with two attached hydrogens (primary N) is 1. The Bertz CT molecular complexity index is 551. The Balaban J connectivity index is 1.94. The monoisotopic (exact) mass is 552 g/mol. The van der Waals surface area contributed by atoms with Crippen molar-refractivity contribution in [1.82, 2.24) is 4.90 Å². The summed E-state index contributed by atoms with van der Waals surface area (Å²) in [4.78, 5) is 26.8. The lowest BCUT2D eigenvalue weighted by Gasteiger charge is -2.32. The average Bonchev–Trinajstić information content (AvgIpc) is 3.51. The molecule has 2 aliphatic heterocycles. The fourth-order valence-electron chi connectivity index (χ4n) is 3.96. The quantitative estimate of drug-likeness (QED) is 0.183. The molecular weight excluding hydrogens is 509 g/mol. The first-order valence-corrected chi connectivity index (χ1v) is 17.7. The van der Waals surface area contributed by atoms with Gasteiger partial charge in [-0.2, -0.15) is 0 Å². The molecule has 2 rings (SSSR count). The van der Waals surface area contributed by atoms with E-state index in [-0.39, 0.29) is 44.2 Å². The highest BCUT2D eigenvalue weighted by molar-refractivity contribution is 8.77. The first-order valence-electron chi connectivity index (χ1n) is 12.7. The zero-order valence-electron chi connectivity index (χ0n) is 20.9. The molecule has 0 radical (unpaired) electrons. The summed E-state index contributed by atoms with van der Waals surface area (Å²) in [5.74, 6) is 6.59. The third-order valence-corrected chi connectivity index (χ3v) is 11.6. The summed E-state index contributed by atoms with van der Waals surface area (Å²) in [6.45, 7) is 6.92. The van der Waals surface area contributed by atoms with Gasteiger partial charge in [0.2, 0.25) is 0 Å². The van der Waals surface area contributed by atoms with E-state index in [1.807, 2.05) is 43.2 Å². The van der Waals surface area contributed by atoms with Gasteiger partial charge in [-0.25, -0.2) is 0 Å². The molecule has 0 amide bonds. The summed E-state index contributed by atoms with van der Waals surface area (Å²) in [6.07, 6.45) is 6.17. The van der Waals surface area contributed by atoms with Crippen LogP contribution in [0, 0.1) is 17.8 Å². The summed E-state index contributed by atoms with van der Waals surface area (Å²) in [6, 6.07) is -0.107. The van der Waals surface area contributed by atoms with Gasteiger partial charge in [-0.3, -0.25) is 14.5 Å². The fraction of sp³-hybridized carbons (Fsp3) is 0.917. The topological polar surface area (TPSA) is 81.9 Å². The van der Waals surface area contributed by atoms with Gasteiger partial charge in [0.25, 0.3) is 0 Å². The fourth-order valence-corrected chi connectivity index (χ4v) is 10.0. The van der Waals surface area contributed by atoms with Crippen LogP contribution < -0.4 is 5.73 Å². The molecule has 2 saturated heterocycles. The van der Waals surface area contributed by atoms with Crippen LogP contribution in [0.15, 0.2) is 0 Å². The average molecular weight is 553 g/mol. The van der Waals surface area contributed by atoms with Crippen molar-refractivity contribution in [2.24, 2.45) is 23.5 Å². The van der Waals surface area contributed by atoms with E-state index in [1.165, 1.54) is 35.9 Å². The van der Waals surface area contributed by atoms with E-state index >= 15 is 0 Å². The van der Waals surface area contributed by atoms with Gasteiger partial charge in [0.1, 0.15) is 13.2 Å². The van der Waals surface area contributed by atoms with Crippen molar-refractivity contribution in [2.75, 3.05) is 55.9 Å². The molecular formula is C24H44N2O4S4. The molecule has 34 heavy (non-hydrogen) atoms. The third-order valence-electron chi connectivity index (χ3n) is 6.16. The summed E-state index contributed by atoms with van der Waals surface area (Å²) < 4.78 is 11.2. The number of ether oxygens (including phenoxy) is 2. The molecule has 10 heteroatoms. The molecule has 0 aromatic rings. The lowest BCUT2D eigenvalue weighted by atomic mass is 10.1. The van der Waals surface area contributed by atoms with Crippen LogP contribution in [-0.2, 0) is 19.1 Å². The molecule has 0 aromatic carbocycles. The van der Waals surface area contributed by atoms with Gasteiger partial charge in [0.15, 0.2) is 0 Å². The van der Waals surface area contributed by atoms with Crippen LogP contribution in [0.5, 0.6) is 0 Å². The van der Waals surface area contributed by atoms with E-state index < -0.39 is 0 Å². The second kappa shape index (κ2) is 18.5. The highest BCUT2D eigenvalue weighted by Gasteiger charge is 2.24. The number of nitrogens with zero attached hydrogens (tertiary/aromatic N) is 1. The highest BCUT2D eigenvalue weighted by Crippen LogP contribution is 2.37. The summed E-state index contributed by atoms with van der Waals surface area (Å²) in [7, 11) is 7.93. The van der Waals surface area contributed by atoms with Gasteiger partial charge in [-0.1, -0.05) is 57.0 Å². The van der Waals surface area contributed by atoms with Crippen LogP contribution in [0.25, 0.3) is 0 Å². The summed E-state index contributed by atoms with van der Waals surface area (Å²) in [5.41, 5.74) is 5.52. The van der Waals surface area contributed by atoms with Crippen molar-refractivity contribution < 1.29 is 19.1 Å². The molecule has 6 nitrogen and oxygen atoms in total. The maximum Gasteiger partial charge on any atom is 0.307 e. The third kappa shape index (κ3) is 13.5. The number of hydrogen-bond donors (Lipinski definition) is 1. The molecule has 2 aliphatic rings. The predicted molar refractivity (Wildman–Crippen MR) is 150 cm³/mol. The second-order valence-electron chi connectivity index (χ2n) is 9.68. The molecule has 0 aliphatic carbocycles. The Morgan fingerprint density at radius 1 is 0.853 bits per heavy atom. The Morgan fingerprint density at radius 3 is 1.76 bits per heavy atom. The molecule has 0 aromatic heterocycles. The molecule has 2 fully saturated rings. The van der Waals surface area contributed by atoms with Crippen molar-refractivity contribution in [3.8, 4) is 0 Å². The number of carbonyl (C=O) groups is 2. The highest BCUT2D eigenvalue weighted by atomic mass is 33.1.